The summed E-state index contributed by atoms with van der Waals surface area (Å²) in [5.74, 6) is 3.20. The molecule has 0 spiro atoms. The quantitative estimate of drug-likeness (QED) is 0.237. The molecule has 3 aromatic heterocycles. The number of aliphatic hydroxyl groups is 1. The van der Waals surface area contributed by atoms with Crippen LogP contribution in [0, 0.1) is 0 Å². The number of hydrogen-bond donors (Lipinski definition) is 2. The summed E-state index contributed by atoms with van der Waals surface area (Å²) in [7, 11) is 4.71. The molecular weight excluding hydrogens is 538 g/mol. The number of benzene rings is 2. The molecule has 0 saturated carbocycles. The number of imidazole rings is 1. The molecule has 0 unspecified atom stereocenters. The molecule has 1 atom stereocenters. The van der Waals surface area contributed by atoms with Gasteiger partial charge in [0, 0.05) is 29.8 Å². The molecule has 216 valence electrons. The van der Waals surface area contributed by atoms with Crippen molar-refractivity contribution in [1.29, 1.82) is 0 Å². The number of aromatic nitrogens is 5. The van der Waals surface area contributed by atoms with Crippen LogP contribution in [0.2, 0.25) is 0 Å². The molecule has 6 rings (SSSR count). The molecule has 0 aliphatic carbocycles. The number of carbonyl (C=O) groups excluding carboxylic acids is 1. The van der Waals surface area contributed by atoms with E-state index < -0.39 is 0 Å². The van der Waals surface area contributed by atoms with Crippen molar-refractivity contribution in [3.05, 3.63) is 66.6 Å². The van der Waals surface area contributed by atoms with Gasteiger partial charge >= 0.3 is 0 Å². The maximum atomic E-state index is 11.2. The Morgan fingerprint density at radius 3 is 2.48 bits per heavy atom. The Bertz CT molecular complexity index is 1710. The lowest BCUT2D eigenvalue weighted by molar-refractivity contribution is 0.112. The van der Waals surface area contributed by atoms with E-state index in [4.69, 9.17) is 24.3 Å². The lowest BCUT2D eigenvalue weighted by Crippen LogP contribution is -2.34. The minimum atomic E-state index is -0.0552. The summed E-state index contributed by atoms with van der Waals surface area (Å²) in [6.45, 7) is 0.769. The van der Waals surface area contributed by atoms with Gasteiger partial charge in [0.2, 0.25) is 11.7 Å². The van der Waals surface area contributed by atoms with Crippen LogP contribution in [0.1, 0.15) is 23.2 Å². The zero-order chi connectivity index (χ0) is 29.2. The third-order valence-electron chi connectivity index (χ3n) is 7.46. The fourth-order valence-corrected chi connectivity index (χ4v) is 5.30. The van der Waals surface area contributed by atoms with Crippen LogP contribution in [0.15, 0.2) is 61.1 Å². The first-order valence-electron chi connectivity index (χ1n) is 13.5. The zero-order valence-corrected chi connectivity index (χ0v) is 23.5. The molecule has 1 saturated heterocycles. The van der Waals surface area contributed by atoms with Crippen LogP contribution < -0.4 is 24.4 Å². The molecule has 4 heterocycles. The number of rotatable bonds is 10. The molecule has 2 aromatic carbocycles. The Kier molecular flexibility index (Phi) is 7.36. The predicted molar refractivity (Wildman–Crippen MR) is 158 cm³/mol. The first-order valence-corrected chi connectivity index (χ1v) is 13.5. The van der Waals surface area contributed by atoms with E-state index in [2.05, 4.69) is 10.3 Å². The van der Waals surface area contributed by atoms with Crippen LogP contribution in [-0.2, 0) is 0 Å². The Morgan fingerprint density at radius 1 is 1.05 bits per heavy atom. The Hall–Kier alpha value is -5.10. The standard InChI is InChI=1S/C30H31N7O5/c1-40-25-13-22(14-26(41-2)28(25)42-3)35-15-27(31-18-35)32-29-24-11-10-23(20-8-6-19(16-38)7-9-20)37(24)34-30(33-29)36-12-4-5-21(36)17-39/h6-11,13-16,18,21,39H,4-5,12,17H2,1-3H3,(H,32,33,34)/t21-/m0/s1. The largest absolute Gasteiger partial charge is 0.493 e. The number of aldehydes is 1. The van der Waals surface area contributed by atoms with Crippen LogP contribution in [0.25, 0.3) is 22.5 Å². The Morgan fingerprint density at radius 2 is 1.81 bits per heavy atom. The van der Waals surface area contributed by atoms with Crippen molar-refractivity contribution in [2.75, 3.05) is 44.7 Å². The van der Waals surface area contributed by atoms with Gasteiger partial charge in [-0.05, 0) is 25.0 Å². The molecule has 12 heteroatoms. The van der Waals surface area contributed by atoms with E-state index in [0.717, 1.165) is 48.1 Å². The summed E-state index contributed by atoms with van der Waals surface area (Å²) in [4.78, 5) is 22.7. The van der Waals surface area contributed by atoms with Gasteiger partial charge in [0.25, 0.3) is 0 Å². The number of carbonyl (C=O) groups is 1. The van der Waals surface area contributed by atoms with E-state index in [9.17, 15) is 9.90 Å². The van der Waals surface area contributed by atoms with Gasteiger partial charge in [-0.25, -0.2) is 9.50 Å². The van der Waals surface area contributed by atoms with Crippen LogP contribution in [0.3, 0.4) is 0 Å². The van der Waals surface area contributed by atoms with Crippen molar-refractivity contribution in [2.24, 2.45) is 0 Å². The van der Waals surface area contributed by atoms with Gasteiger partial charge < -0.3 is 34.1 Å². The molecule has 2 N–H and O–H groups in total. The highest BCUT2D eigenvalue weighted by Gasteiger charge is 2.28. The summed E-state index contributed by atoms with van der Waals surface area (Å²) in [5.41, 5.74) is 3.86. The van der Waals surface area contributed by atoms with E-state index in [0.29, 0.717) is 40.4 Å². The van der Waals surface area contributed by atoms with Gasteiger partial charge in [-0.2, -0.15) is 4.98 Å². The number of fused-ring (bicyclic) bond motifs is 1. The molecule has 12 nitrogen and oxygen atoms in total. The van der Waals surface area contributed by atoms with Crippen LogP contribution in [-0.4, -0.2) is 76.1 Å². The molecule has 42 heavy (non-hydrogen) atoms. The van der Waals surface area contributed by atoms with Crippen molar-refractivity contribution in [2.45, 2.75) is 18.9 Å². The average Bonchev–Trinajstić information content (AvgIpc) is 3.80. The second kappa shape index (κ2) is 11.4. The van der Waals surface area contributed by atoms with E-state index in [1.54, 1.807) is 39.8 Å². The molecular formula is C30H31N7O5. The normalized spacial score (nSPS) is 14.8. The third kappa shape index (κ3) is 4.85. The van der Waals surface area contributed by atoms with Crippen molar-refractivity contribution in [3.63, 3.8) is 0 Å². The summed E-state index contributed by atoms with van der Waals surface area (Å²) in [5, 5.41) is 18.2. The topological polar surface area (TPSA) is 128 Å². The third-order valence-corrected chi connectivity index (χ3v) is 7.46. The fraction of sp³-hybridized carbons (Fsp3) is 0.267. The van der Waals surface area contributed by atoms with E-state index in [1.807, 2.05) is 56.6 Å². The lowest BCUT2D eigenvalue weighted by Gasteiger charge is -2.23. The zero-order valence-electron chi connectivity index (χ0n) is 23.5. The molecule has 1 aliphatic heterocycles. The molecule has 0 radical (unpaired) electrons. The summed E-state index contributed by atoms with van der Waals surface area (Å²) in [6, 6.07) is 14.9. The van der Waals surface area contributed by atoms with E-state index >= 15 is 0 Å². The van der Waals surface area contributed by atoms with Gasteiger partial charge in [0.05, 0.1) is 51.6 Å². The minimum absolute atomic E-state index is 0.0229. The highest BCUT2D eigenvalue weighted by molar-refractivity contribution is 5.80. The predicted octanol–water partition coefficient (Wildman–Crippen LogP) is 4.13. The Labute approximate surface area is 242 Å². The minimum Gasteiger partial charge on any atom is -0.493 e. The molecule has 5 aromatic rings. The van der Waals surface area contributed by atoms with Gasteiger partial charge in [-0.3, -0.25) is 4.79 Å². The highest BCUT2D eigenvalue weighted by atomic mass is 16.5. The molecule has 0 amide bonds. The average molecular weight is 570 g/mol. The fourth-order valence-electron chi connectivity index (χ4n) is 5.30. The second-order valence-electron chi connectivity index (χ2n) is 9.86. The first kappa shape index (κ1) is 27.1. The number of anilines is 3. The van der Waals surface area contributed by atoms with Crippen LogP contribution >= 0.6 is 0 Å². The maximum absolute atomic E-state index is 11.2. The van der Waals surface area contributed by atoms with Crippen LogP contribution in [0.5, 0.6) is 17.2 Å². The maximum Gasteiger partial charge on any atom is 0.245 e. The number of aliphatic hydroxyl groups excluding tert-OH is 1. The highest BCUT2D eigenvalue weighted by Crippen LogP contribution is 2.39. The van der Waals surface area contributed by atoms with Crippen molar-refractivity contribution < 1.29 is 24.1 Å². The van der Waals surface area contributed by atoms with Crippen LogP contribution in [0.4, 0.5) is 17.6 Å². The van der Waals surface area contributed by atoms with Gasteiger partial charge in [-0.1, -0.05) is 24.3 Å². The van der Waals surface area contributed by atoms with Gasteiger partial charge in [0.1, 0.15) is 23.9 Å². The molecule has 1 aliphatic rings. The lowest BCUT2D eigenvalue weighted by atomic mass is 10.1. The van der Waals surface area contributed by atoms with Crippen molar-refractivity contribution in [1.82, 2.24) is 24.1 Å². The number of nitrogens with one attached hydrogen (secondary N) is 1. The smallest absolute Gasteiger partial charge is 0.245 e. The second-order valence-corrected chi connectivity index (χ2v) is 9.86. The number of ether oxygens (including phenoxy) is 3. The Balaban J connectivity index is 1.41. The summed E-state index contributed by atoms with van der Waals surface area (Å²) in [6.07, 6.45) is 6.16. The van der Waals surface area contributed by atoms with Gasteiger partial charge in [-0.15, -0.1) is 5.10 Å². The van der Waals surface area contributed by atoms with Crippen molar-refractivity contribution in [3.8, 4) is 34.2 Å². The SMILES string of the molecule is COc1cc(-n2cnc(Nc3nc(N4CCC[C@H]4CO)nn4c(-c5ccc(C=O)cc5)ccc34)c2)cc(OC)c1OC. The summed E-state index contributed by atoms with van der Waals surface area (Å²) < 4.78 is 20.1. The number of methoxy groups -OCH3 is 3. The molecule has 1 fully saturated rings. The summed E-state index contributed by atoms with van der Waals surface area (Å²) >= 11 is 0. The molecule has 0 bridgehead atoms. The van der Waals surface area contributed by atoms with E-state index in [-0.39, 0.29) is 12.6 Å². The number of nitrogens with zero attached hydrogens (tertiary/aromatic N) is 6. The van der Waals surface area contributed by atoms with E-state index in [1.165, 1.54) is 0 Å². The van der Waals surface area contributed by atoms with Crippen molar-refractivity contribution >= 4 is 29.4 Å². The number of hydrogen-bond acceptors (Lipinski definition) is 10. The monoisotopic (exact) mass is 569 g/mol. The first-order chi connectivity index (χ1) is 20.6. The van der Waals surface area contributed by atoms with Gasteiger partial charge in [0.15, 0.2) is 17.3 Å².